The Balaban J connectivity index is 1.80. The third-order valence-electron chi connectivity index (χ3n) is 3.67. The molecule has 0 bridgehead atoms. The molecule has 0 spiro atoms. The number of nitrogens with two attached hydrogens (primary N) is 1. The number of hydrogen-bond donors (Lipinski definition) is 1. The van der Waals surface area contributed by atoms with Crippen molar-refractivity contribution in [1.82, 2.24) is 0 Å². The van der Waals surface area contributed by atoms with Gasteiger partial charge in [0.25, 0.3) is 0 Å². The van der Waals surface area contributed by atoms with Crippen LogP contribution in [-0.4, -0.2) is 5.54 Å². The predicted octanol–water partition coefficient (Wildman–Crippen LogP) is 3.49. The van der Waals surface area contributed by atoms with E-state index in [1.165, 1.54) is 16.7 Å². The van der Waals surface area contributed by atoms with Crippen molar-refractivity contribution in [3.63, 3.8) is 0 Å². The van der Waals surface area contributed by atoms with Gasteiger partial charge in [-0.1, -0.05) is 52.3 Å². The SMILES string of the molecule is NC1(Cc2ccc(Br)cc2)Cc2ccccc2C1. The lowest BCUT2D eigenvalue weighted by molar-refractivity contribution is 0.446. The molecule has 0 fully saturated rings. The van der Waals surface area contributed by atoms with E-state index in [-0.39, 0.29) is 5.54 Å². The third kappa shape index (κ3) is 2.36. The van der Waals surface area contributed by atoms with Gasteiger partial charge in [0.15, 0.2) is 0 Å². The van der Waals surface area contributed by atoms with Crippen LogP contribution in [0.4, 0.5) is 0 Å². The summed E-state index contributed by atoms with van der Waals surface area (Å²) in [5.74, 6) is 0. The maximum atomic E-state index is 6.57. The molecule has 0 atom stereocenters. The van der Waals surface area contributed by atoms with Crippen LogP contribution in [0.15, 0.2) is 53.0 Å². The second-order valence-corrected chi connectivity index (χ2v) is 6.20. The van der Waals surface area contributed by atoms with Crippen molar-refractivity contribution in [3.05, 3.63) is 69.7 Å². The maximum Gasteiger partial charge on any atom is 0.0276 e. The first-order valence-electron chi connectivity index (χ1n) is 6.25. The standard InChI is InChI=1S/C16H16BrN/c17-15-7-5-12(6-8-15)9-16(18)10-13-3-1-2-4-14(13)11-16/h1-8H,9-11,18H2. The average molecular weight is 302 g/mol. The number of fused-ring (bicyclic) bond motifs is 1. The summed E-state index contributed by atoms with van der Waals surface area (Å²) in [5, 5.41) is 0. The van der Waals surface area contributed by atoms with E-state index in [0.717, 1.165) is 23.7 Å². The highest BCUT2D eigenvalue weighted by Gasteiger charge is 2.33. The predicted molar refractivity (Wildman–Crippen MR) is 78.6 cm³/mol. The van der Waals surface area contributed by atoms with E-state index < -0.39 is 0 Å². The molecule has 2 aromatic rings. The fourth-order valence-corrected chi connectivity index (χ4v) is 3.12. The number of hydrogen-bond acceptors (Lipinski definition) is 1. The second kappa shape index (κ2) is 4.52. The Labute approximate surface area is 116 Å². The Morgan fingerprint density at radius 2 is 1.50 bits per heavy atom. The number of benzene rings is 2. The molecule has 1 nitrogen and oxygen atoms in total. The summed E-state index contributed by atoms with van der Waals surface area (Å²) in [6, 6.07) is 17.1. The molecule has 0 aromatic heterocycles. The summed E-state index contributed by atoms with van der Waals surface area (Å²) in [5.41, 5.74) is 10.6. The minimum Gasteiger partial charge on any atom is -0.324 e. The smallest absolute Gasteiger partial charge is 0.0276 e. The van der Waals surface area contributed by atoms with E-state index in [9.17, 15) is 0 Å². The summed E-state index contributed by atoms with van der Waals surface area (Å²) in [6.07, 6.45) is 2.91. The Kier molecular flexibility index (Phi) is 3.00. The Morgan fingerprint density at radius 3 is 2.06 bits per heavy atom. The molecule has 0 radical (unpaired) electrons. The van der Waals surface area contributed by atoms with Crippen molar-refractivity contribution in [2.75, 3.05) is 0 Å². The Hall–Kier alpha value is -1.12. The van der Waals surface area contributed by atoms with E-state index in [1.807, 2.05) is 0 Å². The molecule has 1 aliphatic carbocycles. The van der Waals surface area contributed by atoms with Gasteiger partial charge in [-0.25, -0.2) is 0 Å². The highest BCUT2D eigenvalue weighted by molar-refractivity contribution is 9.10. The molecule has 2 heteroatoms. The quantitative estimate of drug-likeness (QED) is 0.903. The zero-order valence-corrected chi connectivity index (χ0v) is 11.8. The Morgan fingerprint density at radius 1 is 0.944 bits per heavy atom. The van der Waals surface area contributed by atoms with Crippen molar-refractivity contribution < 1.29 is 0 Å². The van der Waals surface area contributed by atoms with Gasteiger partial charge in [0, 0.05) is 10.0 Å². The average Bonchev–Trinajstić information content (AvgIpc) is 2.68. The minimum absolute atomic E-state index is 0.114. The lowest BCUT2D eigenvalue weighted by Crippen LogP contribution is -2.42. The molecule has 0 saturated carbocycles. The molecular formula is C16H16BrN. The monoisotopic (exact) mass is 301 g/mol. The molecule has 18 heavy (non-hydrogen) atoms. The molecule has 2 N–H and O–H groups in total. The molecule has 3 rings (SSSR count). The molecule has 1 aliphatic rings. The van der Waals surface area contributed by atoms with Gasteiger partial charge in [0.1, 0.15) is 0 Å². The van der Waals surface area contributed by atoms with Gasteiger partial charge in [0.05, 0.1) is 0 Å². The highest BCUT2D eigenvalue weighted by Crippen LogP contribution is 2.30. The van der Waals surface area contributed by atoms with Crippen molar-refractivity contribution in [2.24, 2.45) is 5.73 Å². The number of halogens is 1. The first kappa shape index (κ1) is 11.9. The minimum atomic E-state index is -0.114. The van der Waals surface area contributed by atoms with E-state index >= 15 is 0 Å². The molecule has 0 unspecified atom stereocenters. The van der Waals surface area contributed by atoms with Crippen molar-refractivity contribution in [3.8, 4) is 0 Å². The molecule has 0 heterocycles. The first-order valence-corrected chi connectivity index (χ1v) is 7.04. The fourth-order valence-electron chi connectivity index (χ4n) is 2.86. The topological polar surface area (TPSA) is 26.0 Å². The third-order valence-corrected chi connectivity index (χ3v) is 4.20. The van der Waals surface area contributed by atoms with E-state index in [0.29, 0.717) is 0 Å². The molecule has 0 amide bonds. The molecule has 0 aliphatic heterocycles. The van der Waals surface area contributed by atoms with E-state index in [2.05, 4.69) is 64.5 Å². The summed E-state index contributed by atoms with van der Waals surface area (Å²) in [6.45, 7) is 0. The Bertz CT molecular complexity index is 535. The van der Waals surface area contributed by atoms with Gasteiger partial charge < -0.3 is 5.73 Å². The van der Waals surface area contributed by atoms with Crippen LogP contribution < -0.4 is 5.73 Å². The van der Waals surface area contributed by atoms with Gasteiger partial charge in [0.2, 0.25) is 0 Å². The van der Waals surface area contributed by atoms with E-state index in [4.69, 9.17) is 5.73 Å². The van der Waals surface area contributed by atoms with Crippen LogP contribution in [0.5, 0.6) is 0 Å². The molecule has 92 valence electrons. The largest absolute Gasteiger partial charge is 0.324 e. The van der Waals surface area contributed by atoms with Crippen LogP contribution in [0.25, 0.3) is 0 Å². The van der Waals surface area contributed by atoms with Gasteiger partial charge in [-0.3, -0.25) is 0 Å². The van der Waals surface area contributed by atoms with Crippen LogP contribution in [0.3, 0.4) is 0 Å². The maximum absolute atomic E-state index is 6.57. The fraction of sp³-hybridized carbons (Fsp3) is 0.250. The zero-order valence-electron chi connectivity index (χ0n) is 10.2. The number of rotatable bonds is 2. The summed E-state index contributed by atoms with van der Waals surface area (Å²) < 4.78 is 1.12. The van der Waals surface area contributed by atoms with Crippen LogP contribution in [-0.2, 0) is 19.3 Å². The summed E-state index contributed by atoms with van der Waals surface area (Å²) in [7, 11) is 0. The van der Waals surface area contributed by atoms with Crippen LogP contribution in [0.2, 0.25) is 0 Å². The molecule has 0 saturated heterocycles. The van der Waals surface area contributed by atoms with Crippen molar-refractivity contribution >= 4 is 15.9 Å². The lowest BCUT2D eigenvalue weighted by Gasteiger charge is -2.23. The molecular weight excluding hydrogens is 286 g/mol. The first-order chi connectivity index (χ1) is 8.65. The highest BCUT2D eigenvalue weighted by atomic mass is 79.9. The van der Waals surface area contributed by atoms with Crippen LogP contribution >= 0.6 is 15.9 Å². The van der Waals surface area contributed by atoms with Crippen LogP contribution in [0, 0.1) is 0 Å². The van der Waals surface area contributed by atoms with Gasteiger partial charge in [-0.15, -0.1) is 0 Å². The van der Waals surface area contributed by atoms with Gasteiger partial charge >= 0.3 is 0 Å². The van der Waals surface area contributed by atoms with Crippen molar-refractivity contribution in [2.45, 2.75) is 24.8 Å². The summed E-state index contributed by atoms with van der Waals surface area (Å²) >= 11 is 3.46. The van der Waals surface area contributed by atoms with Gasteiger partial charge in [-0.2, -0.15) is 0 Å². The molecule has 2 aromatic carbocycles. The lowest BCUT2D eigenvalue weighted by atomic mass is 9.89. The normalized spacial score (nSPS) is 16.6. The van der Waals surface area contributed by atoms with E-state index in [1.54, 1.807) is 0 Å². The zero-order chi connectivity index (χ0) is 12.6. The van der Waals surface area contributed by atoms with Crippen molar-refractivity contribution in [1.29, 1.82) is 0 Å². The van der Waals surface area contributed by atoms with Crippen LogP contribution in [0.1, 0.15) is 16.7 Å². The van der Waals surface area contributed by atoms with Gasteiger partial charge in [-0.05, 0) is 48.1 Å². The summed E-state index contributed by atoms with van der Waals surface area (Å²) in [4.78, 5) is 0. The second-order valence-electron chi connectivity index (χ2n) is 5.29.